The van der Waals surface area contributed by atoms with E-state index in [2.05, 4.69) is 16.0 Å². The zero-order valence-corrected chi connectivity index (χ0v) is 11.1. The van der Waals surface area contributed by atoms with E-state index in [9.17, 15) is 5.11 Å². The Balaban J connectivity index is 2.16. The first-order valence-electron chi connectivity index (χ1n) is 6.73. The van der Waals surface area contributed by atoms with E-state index in [4.69, 9.17) is 5.73 Å². The molecule has 2 aromatic rings. The van der Waals surface area contributed by atoms with Crippen LogP contribution in [0.25, 0.3) is 10.9 Å². The average Bonchev–Trinajstić information content (AvgIpc) is 3.20. The molecule has 0 amide bonds. The lowest BCUT2D eigenvalue weighted by Gasteiger charge is -2.25. The third kappa shape index (κ3) is 2.36. The summed E-state index contributed by atoms with van der Waals surface area (Å²) in [6, 6.07) is 8.47. The molecule has 0 unspecified atom stereocenters. The lowest BCUT2D eigenvalue weighted by Crippen LogP contribution is -2.29. The van der Waals surface area contributed by atoms with Gasteiger partial charge in [0.2, 0.25) is 0 Å². The van der Waals surface area contributed by atoms with E-state index >= 15 is 0 Å². The zero-order chi connectivity index (χ0) is 13.4. The predicted molar refractivity (Wildman–Crippen MR) is 78.3 cm³/mol. The molecule has 1 fully saturated rings. The van der Waals surface area contributed by atoms with E-state index in [-0.39, 0.29) is 6.61 Å². The van der Waals surface area contributed by atoms with E-state index in [1.165, 1.54) is 12.8 Å². The Hall–Kier alpha value is -1.81. The van der Waals surface area contributed by atoms with Crippen molar-refractivity contribution in [1.82, 2.24) is 4.98 Å². The number of anilines is 2. The summed E-state index contributed by atoms with van der Waals surface area (Å²) in [5, 5.41) is 10.4. The van der Waals surface area contributed by atoms with Crippen LogP contribution in [0.15, 0.2) is 24.3 Å². The molecule has 0 radical (unpaired) electrons. The van der Waals surface area contributed by atoms with Crippen molar-refractivity contribution in [2.24, 2.45) is 0 Å². The van der Waals surface area contributed by atoms with E-state index in [1.807, 2.05) is 25.1 Å². The van der Waals surface area contributed by atoms with Crippen LogP contribution in [0.4, 0.5) is 11.4 Å². The van der Waals surface area contributed by atoms with Gasteiger partial charge >= 0.3 is 0 Å². The Morgan fingerprint density at radius 3 is 2.84 bits per heavy atom. The molecule has 3 rings (SSSR count). The number of nitrogens with two attached hydrogens (primary N) is 1. The van der Waals surface area contributed by atoms with Crippen LogP contribution in [0.3, 0.4) is 0 Å². The summed E-state index contributed by atoms with van der Waals surface area (Å²) < 4.78 is 0. The van der Waals surface area contributed by atoms with Crippen molar-refractivity contribution in [2.45, 2.75) is 25.8 Å². The first-order valence-corrected chi connectivity index (χ1v) is 6.73. The van der Waals surface area contributed by atoms with E-state index in [0.717, 1.165) is 28.0 Å². The average molecular weight is 257 g/mol. The molecule has 1 aliphatic rings. The highest BCUT2D eigenvalue weighted by Crippen LogP contribution is 2.36. The molecular formula is C15H19N3O. The SMILES string of the molecule is Cc1cc(N(CCO)C2CC2)c2cc(N)ccc2n1. The minimum Gasteiger partial charge on any atom is -0.399 e. The number of fused-ring (bicyclic) bond motifs is 1. The van der Waals surface area contributed by atoms with Crippen molar-refractivity contribution < 1.29 is 5.11 Å². The Morgan fingerprint density at radius 2 is 2.16 bits per heavy atom. The molecule has 3 N–H and O–H groups in total. The summed E-state index contributed by atoms with van der Waals surface area (Å²) in [6.45, 7) is 2.84. The number of aromatic nitrogens is 1. The Labute approximate surface area is 112 Å². The van der Waals surface area contributed by atoms with E-state index in [1.54, 1.807) is 0 Å². The van der Waals surface area contributed by atoms with Gasteiger partial charge in [0.25, 0.3) is 0 Å². The monoisotopic (exact) mass is 257 g/mol. The highest BCUT2D eigenvalue weighted by Gasteiger charge is 2.30. The quantitative estimate of drug-likeness (QED) is 0.823. The number of hydrogen-bond donors (Lipinski definition) is 2. The van der Waals surface area contributed by atoms with Crippen LogP contribution < -0.4 is 10.6 Å². The van der Waals surface area contributed by atoms with Crippen molar-refractivity contribution in [2.75, 3.05) is 23.8 Å². The van der Waals surface area contributed by atoms with Gasteiger partial charge in [0.15, 0.2) is 0 Å². The number of nitrogen functional groups attached to an aromatic ring is 1. The van der Waals surface area contributed by atoms with E-state index in [0.29, 0.717) is 12.6 Å². The lowest BCUT2D eigenvalue weighted by molar-refractivity contribution is 0.301. The number of pyridine rings is 1. The third-order valence-electron chi connectivity index (χ3n) is 3.58. The van der Waals surface area contributed by atoms with Crippen molar-refractivity contribution in [3.05, 3.63) is 30.0 Å². The second kappa shape index (κ2) is 4.70. The van der Waals surface area contributed by atoms with Crippen LogP contribution in [0.5, 0.6) is 0 Å². The van der Waals surface area contributed by atoms with Crippen LogP contribution in [-0.2, 0) is 0 Å². The Kier molecular flexibility index (Phi) is 3.03. The van der Waals surface area contributed by atoms with Gasteiger partial charge < -0.3 is 15.7 Å². The fraction of sp³-hybridized carbons (Fsp3) is 0.400. The summed E-state index contributed by atoms with van der Waals surface area (Å²) in [5.74, 6) is 0. The maximum atomic E-state index is 9.29. The number of hydrogen-bond acceptors (Lipinski definition) is 4. The predicted octanol–water partition coefficient (Wildman–Crippen LogP) is 2.09. The van der Waals surface area contributed by atoms with Gasteiger partial charge in [-0.1, -0.05) is 0 Å². The first kappa shape index (κ1) is 12.2. The molecule has 4 nitrogen and oxygen atoms in total. The number of aliphatic hydroxyl groups is 1. The van der Waals surface area contributed by atoms with Crippen LogP contribution in [0.2, 0.25) is 0 Å². The normalized spacial score (nSPS) is 14.8. The second-order valence-electron chi connectivity index (χ2n) is 5.21. The van der Waals surface area contributed by atoms with Gasteiger partial charge in [-0.15, -0.1) is 0 Å². The minimum atomic E-state index is 0.168. The number of benzene rings is 1. The number of nitrogens with zero attached hydrogens (tertiary/aromatic N) is 2. The molecule has 1 aliphatic carbocycles. The Morgan fingerprint density at radius 1 is 1.37 bits per heavy atom. The standard InChI is InChI=1S/C15H19N3O/c1-10-8-15(18(6-7-19)12-3-4-12)13-9-11(16)2-5-14(13)17-10/h2,5,8-9,12,19H,3-4,6-7,16H2,1H3. The van der Waals surface area contributed by atoms with Crippen molar-refractivity contribution in [3.63, 3.8) is 0 Å². The molecule has 1 saturated carbocycles. The van der Waals surface area contributed by atoms with Gasteiger partial charge in [0.05, 0.1) is 12.1 Å². The fourth-order valence-electron chi connectivity index (χ4n) is 2.59. The topological polar surface area (TPSA) is 62.4 Å². The van der Waals surface area contributed by atoms with Gasteiger partial charge in [0, 0.05) is 35.0 Å². The lowest BCUT2D eigenvalue weighted by atomic mass is 10.1. The summed E-state index contributed by atoms with van der Waals surface area (Å²) in [4.78, 5) is 6.84. The maximum Gasteiger partial charge on any atom is 0.0727 e. The summed E-state index contributed by atoms with van der Waals surface area (Å²) in [5.41, 5.74) is 9.76. The van der Waals surface area contributed by atoms with Crippen molar-refractivity contribution >= 4 is 22.3 Å². The summed E-state index contributed by atoms with van der Waals surface area (Å²) in [6.07, 6.45) is 2.40. The van der Waals surface area contributed by atoms with Gasteiger partial charge in [-0.05, 0) is 44.0 Å². The molecular weight excluding hydrogens is 238 g/mol. The fourth-order valence-corrected chi connectivity index (χ4v) is 2.59. The highest BCUT2D eigenvalue weighted by molar-refractivity contribution is 5.94. The van der Waals surface area contributed by atoms with Crippen LogP contribution in [-0.4, -0.2) is 29.3 Å². The molecule has 1 aromatic carbocycles. The van der Waals surface area contributed by atoms with Crippen LogP contribution in [0, 0.1) is 6.92 Å². The van der Waals surface area contributed by atoms with Crippen LogP contribution >= 0.6 is 0 Å². The van der Waals surface area contributed by atoms with Crippen molar-refractivity contribution in [3.8, 4) is 0 Å². The summed E-state index contributed by atoms with van der Waals surface area (Å²) in [7, 11) is 0. The minimum absolute atomic E-state index is 0.168. The van der Waals surface area contributed by atoms with Gasteiger partial charge in [-0.25, -0.2) is 0 Å². The van der Waals surface area contributed by atoms with Crippen molar-refractivity contribution in [1.29, 1.82) is 0 Å². The molecule has 0 saturated heterocycles. The van der Waals surface area contributed by atoms with E-state index < -0.39 is 0 Å². The molecule has 1 heterocycles. The molecule has 100 valence electrons. The highest BCUT2D eigenvalue weighted by atomic mass is 16.3. The molecule has 1 aromatic heterocycles. The molecule has 0 aliphatic heterocycles. The molecule has 0 bridgehead atoms. The van der Waals surface area contributed by atoms with Gasteiger partial charge in [-0.3, -0.25) is 4.98 Å². The smallest absolute Gasteiger partial charge is 0.0727 e. The van der Waals surface area contributed by atoms with Gasteiger partial charge in [0.1, 0.15) is 0 Å². The number of aliphatic hydroxyl groups excluding tert-OH is 1. The first-order chi connectivity index (χ1) is 9.19. The number of rotatable bonds is 4. The maximum absolute atomic E-state index is 9.29. The molecule has 4 heteroatoms. The van der Waals surface area contributed by atoms with Crippen LogP contribution in [0.1, 0.15) is 18.5 Å². The molecule has 19 heavy (non-hydrogen) atoms. The molecule has 0 spiro atoms. The third-order valence-corrected chi connectivity index (χ3v) is 3.58. The summed E-state index contributed by atoms with van der Waals surface area (Å²) >= 11 is 0. The number of aryl methyl sites for hydroxylation is 1. The second-order valence-corrected chi connectivity index (χ2v) is 5.21. The Bertz CT molecular complexity index is 608. The largest absolute Gasteiger partial charge is 0.399 e. The zero-order valence-electron chi connectivity index (χ0n) is 11.1. The molecule has 0 atom stereocenters. The van der Waals surface area contributed by atoms with Gasteiger partial charge in [-0.2, -0.15) is 0 Å².